The van der Waals surface area contributed by atoms with Crippen LogP contribution in [0.25, 0.3) is 9.88 Å². The van der Waals surface area contributed by atoms with E-state index in [0.29, 0.717) is 22.0 Å². The zero-order valence-electron chi connectivity index (χ0n) is 14.1. The van der Waals surface area contributed by atoms with Crippen molar-refractivity contribution in [2.24, 2.45) is 0 Å². The van der Waals surface area contributed by atoms with E-state index >= 15 is 0 Å². The first kappa shape index (κ1) is 18.1. The number of thiophene rings is 1. The minimum absolute atomic E-state index is 0.386. The third-order valence-corrected chi connectivity index (χ3v) is 5.61. The molecular weight excluding hydrogens is 372 g/mol. The molecular formula is C18H16N2O4S2. The van der Waals surface area contributed by atoms with Crippen molar-refractivity contribution in [3.05, 3.63) is 52.3 Å². The number of benzene rings is 1. The molecule has 26 heavy (non-hydrogen) atoms. The van der Waals surface area contributed by atoms with E-state index < -0.39 is 11.9 Å². The number of carbonyl (C=O) groups is 2. The predicted octanol–water partition coefficient (Wildman–Crippen LogP) is 3.98. The lowest BCUT2D eigenvalue weighted by atomic mass is 10.3. The first-order chi connectivity index (χ1) is 12.6. The molecule has 1 aromatic carbocycles. The van der Waals surface area contributed by atoms with Gasteiger partial charge in [-0.25, -0.2) is 9.78 Å². The van der Waals surface area contributed by atoms with Gasteiger partial charge in [-0.05, 0) is 30.5 Å². The number of anilines is 1. The number of ether oxygens (including phenoxy) is 2. The number of hydrogen-bond acceptors (Lipinski definition) is 7. The van der Waals surface area contributed by atoms with Gasteiger partial charge >= 0.3 is 5.97 Å². The van der Waals surface area contributed by atoms with Crippen LogP contribution in [0.2, 0.25) is 0 Å². The average Bonchev–Trinajstić information content (AvgIpc) is 3.29. The Morgan fingerprint density at radius 3 is 2.73 bits per heavy atom. The van der Waals surface area contributed by atoms with Gasteiger partial charge in [0.25, 0.3) is 5.91 Å². The summed E-state index contributed by atoms with van der Waals surface area (Å²) in [4.78, 5) is 30.1. The highest BCUT2D eigenvalue weighted by Gasteiger charge is 2.19. The molecule has 1 N–H and O–H groups in total. The fourth-order valence-corrected chi connectivity index (χ4v) is 3.98. The Hall–Kier alpha value is -2.71. The molecule has 0 aliphatic rings. The van der Waals surface area contributed by atoms with Crippen molar-refractivity contribution in [2.45, 2.75) is 6.92 Å². The van der Waals surface area contributed by atoms with Gasteiger partial charge in [0.2, 0.25) is 0 Å². The molecule has 0 saturated carbocycles. The summed E-state index contributed by atoms with van der Waals surface area (Å²) in [5, 5.41) is 5.38. The maximum absolute atomic E-state index is 12.3. The zero-order valence-corrected chi connectivity index (χ0v) is 15.8. The summed E-state index contributed by atoms with van der Waals surface area (Å²) in [6.45, 7) is 1.36. The quantitative estimate of drug-likeness (QED) is 0.646. The van der Waals surface area contributed by atoms with E-state index in [-0.39, 0.29) is 6.61 Å². The Kier molecular flexibility index (Phi) is 5.65. The summed E-state index contributed by atoms with van der Waals surface area (Å²) >= 11 is 2.81. The number of aryl methyl sites for hydroxylation is 1. The van der Waals surface area contributed by atoms with E-state index in [4.69, 9.17) is 9.47 Å². The van der Waals surface area contributed by atoms with Crippen molar-refractivity contribution < 1.29 is 19.1 Å². The second-order valence-electron chi connectivity index (χ2n) is 5.24. The molecule has 0 radical (unpaired) electrons. The van der Waals surface area contributed by atoms with Crippen LogP contribution in [0, 0.1) is 6.92 Å². The molecule has 2 aromatic heterocycles. The van der Waals surface area contributed by atoms with Gasteiger partial charge in [0.15, 0.2) is 6.61 Å². The minimum atomic E-state index is -0.557. The van der Waals surface area contributed by atoms with Crippen LogP contribution in [0.5, 0.6) is 5.75 Å². The number of aromatic nitrogens is 1. The molecule has 8 heteroatoms. The molecule has 0 spiro atoms. The van der Waals surface area contributed by atoms with Crippen LogP contribution in [0.4, 0.5) is 5.69 Å². The lowest BCUT2D eigenvalue weighted by molar-refractivity contribution is -0.119. The summed E-state index contributed by atoms with van der Waals surface area (Å²) in [5.74, 6) is -0.465. The minimum Gasteiger partial charge on any atom is -0.495 e. The number of carbonyl (C=O) groups excluding carboxylic acids is 2. The van der Waals surface area contributed by atoms with Gasteiger partial charge in [-0.2, -0.15) is 0 Å². The standard InChI is InChI=1S/C18H16N2O4S2/c1-11-16(26-17(19-11)14-8-5-9-25-14)18(22)24-10-15(21)20-12-6-3-4-7-13(12)23-2/h3-9H,10H2,1-2H3,(H,20,21). The average molecular weight is 388 g/mol. The van der Waals surface area contributed by atoms with E-state index in [1.807, 2.05) is 17.5 Å². The van der Waals surface area contributed by atoms with Gasteiger partial charge in [0.1, 0.15) is 15.6 Å². The molecule has 0 aliphatic heterocycles. The number of esters is 1. The van der Waals surface area contributed by atoms with Crippen molar-refractivity contribution in [1.82, 2.24) is 4.98 Å². The lowest BCUT2D eigenvalue weighted by Gasteiger charge is -2.09. The Labute approximate surface area is 158 Å². The summed E-state index contributed by atoms with van der Waals surface area (Å²) in [6.07, 6.45) is 0. The van der Waals surface area contributed by atoms with Crippen LogP contribution in [-0.4, -0.2) is 30.6 Å². The van der Waals surface area contributed by atoms with Gasteiger partial charge in [0.05, 0.1) is 23.4 Å². The fraction of sp³-hybridized carbons (Fsp3) is 0.167. The van der Waals surface area contributed by atoms with Crippen LogP contribution < -0.4 is 10.1 Å². The third kappa shape index (κ3) is 4.09. The molecule has 1 amide bonds. The Bertz CT molecular complexity index is 919. The van der Waals surface area contributed by atoms with Crippen molar-refractivity contribution >= 4 is 40.2 Å². The van der Waals surface area contributed by atoms with Gasteiger partial charge < -0.3 is 14.8 Å². The Balaban J connectivity index is 1.61. The first-order valence-corrected chi connectivity index (χ1v) is 9.39. The number of nitrogens with one attached hydrogen (secondary N) is 1. The van der Waals surface area contributed by atoms with E-state index in [2.05, 4.69) is 10.3 Å². The summed E-state index contributed by atoms with van der Waals surface area (Å²) in [5.41, 5.74) is 1.11. The summed E-state index contributed by atoms with van der Waals surface area (Å²) < 4.78 is 10.3. The predicted molar refractivity (Wildman–Crippen MR) is 102 cm³/mol. The maximum Gasteiger partial charge on any atom is 0.350 e. The Morgan fingerprint density at radius 2 is 2.00 bits per heavy atom. The Morgan fingerprint density at radius 1 is 1.19 bits per heavy atom. The number of rotatable bonds is 6. The molecule has 0 atom stereocenters. The smallest absolute Gasteiger partial charge is 0.350 e. The summed E-state index contributed by atoms with van der Waals surface area (Å²) in [7, 11) is 1.52. The highest BCUT2D eigenvalue weighted by atomic mass is 32.1. The first-order valence-electron chi connectivity index (χ1n) is 7.69. The number of hydrogen-bond donors (Lipinski definition) is 1. The van der Waals surface area contributed by atoms with Crippen LogP contribution >= 0.6 is 22.7 Å². The summed E-state index contributed by atoms with van der Waals surface area (Å²) in [6, 6.07) is 10.9. The molecule has 6 nitrogen and oxygen atoms in total. The molecule has 2 heterocycles. The topological polar surface area (TPSA) is 77.5 Å². The maximum atomic E-state index is 12.3. The molecule has 3 rings (SSSR count). The number of thiazole rings is 1. The van der Waals surface area contributed by atoms with Crippen molar-refractivity contribution in [3.63, 3.8) is 0 Å². The molecule has 0 aliphatic carbocycles. The third-order valence-electron chi connectivity index (χ3n) is 3.43. The van der Waals surface area contributed by atoms with Crippen molar-refractivity contribution in [1.29, 1.82) is 0 Å². The number of methoxy groups -OCH3 is 1. The normalized spacial score (nSPS) is 10.4. The molecule has 0 bridgehead atoms. The molecule has 0 saturated heterocycles. The second-order valence-corrected chi connectivity index (χ2v) is 7.18. The van der Waals surface area contributed by atoms with Crippen LogP contribution in [0.3, 0.4) is 0 Å². The molecule has 134 valence electrons. The van der Waals surface area contributed by atoms with E-state index in [9.17, 15) is 9.59 Å². The van der Waals surface area contributed by atoms with E-state index in [1.54, 1.807) is 42.5 Å². The van der Waals surface area contributed by atoms with E-state index in [0.717, 1.165) is 9.88 Å². The van der Waals surface area contributed by atoms with Crippen LogP contribution in [-0.2, 0) is 9.53 Å². The van der Waals surface area contributed by atoms with Crippen molar-refractivity contribution in [3.8, 4) is 15.6 Å². The van der Waals surface area contributed by atoms with Gasteiger partial charge in [-0.3, -0.25) is 4.79 Å². The largest absolute Gasteiger partial charge is 0.495 e. The van der Waals surface area contributed by atoms with Gasteiger partial charge in [-0.15, -0.1) is 22.7 Å². The number of para-hydroxylation sites is 2. The highest BCUT2D eigenvalue weighted by Crippen LogP contribution is 2.31. The highest BCUT2D eigenvalue weighted by molar-refractivity contribution is 7.22. The van der Waals surface area contributed by atoms with Crippen LogP contribution in [0.1, 0.15) is 15.4 Å². The molecule has 0 unspecified atom stereocenters. The van der Waals surface area contributed by atoms with Gasteiger partial charge in [0, 0.05) is 0 Å². The van der Waals surface area contributed by atoms with Gasteiger partial charge in [-0.1, -0.05) is 18.2 Å². The van der Waals surface area contributed by atoms with E-state index in [1.165, 1.54) is 18.4 Å². The zero-order chi connectivity index (χ0) is 18.5. The van der Waals surface area contributed by atoms with Crippen molar-refractivity contribution in [2.75, 3.05) is 19.0 Å². The SMILES string of the molecule is COc1ccccc1NC(=O)COC(=O)c1sc(-c2cccs2)nc1C. The lowest BCUT2D eigenvalue weighted by Crippen LogP contribution is -2.21. The molecule has 3 aromatic rings. The van der Waals surface area contributed by atoms with Crippen LogP contribution in [0.15, 0.2) is 41.8 Å². The fourth-order valence-electron chi connectivity index (χ4n) is 2.22. The second kappa shape index (κ2) is 8.11. The molecule has 0 fully saturated rings. The number of amides is 1. The monoisotopic (exact) mass is 388 g/mol. The number of nitrogens with zero attached hydrogens (tertiary/aromatic N) is 1.